The average Bonchev–Trinajstić information content (AvgIpc) is 3.22. The zero-order valence-electron chi connectivity index (χ0n) is 20.4. The van der Waals surface area contributed by atoms with Crippen LogP contribution < -0.4 is 21.9 Å². The number of carbonyl (C=O) groups excluding carboxylic acids is 2. The number of phenols is 1. The van der Waals surface area contributed by atoms with Crippen molar-refractivity contribution in [3.63, 3.8) is 0 Å². The number of aromatic nitrogens is 2. The van der Waals surface area contributed by atoms with Crippen molar-refractivity contribution in [2.24, 2.45) is 11.5 Å². The fourth-order valence-corrected chi connectivity index (χ4v) is 3.65. The van der Waals surface area contributed by atoms with Crippen LogP contribution in [0.1, 0.15) is 15.9 Å². The number of carbonyl (C=O) groups is 2. The highest BCUT2D eigenvalue weighted by atomic mass is 16.4. The third-order valence-electron chi connectivity index (χ3n) is 5.31. The third kappa shape index (κ3) is 7.56. The number of aromatic carboxylic acids is 1. The molecular formula is C28H27N6O4-. The van der Waals surface area contributed by atoms with Gasteiger partial charge >= 0.3 is 0 Å². The minimum absolute atomic E-state index is 0.114. The number of carboxylic acids is 1. The lowest BCUT2D eigenvalue weighted by Crippen LogP contribution is -2.27. The molecule has 10 heteroatoms. The van der Waals surface area contributed by atoms with Crippen molar-refractivity contribution in [1.82, 2.24) is 14.9 Å². The van der Waals surface area contributed by atoms with Gasteiger partial charge in [-0.1, -0.05) is 60.7 Å². The molecule has 0 unspecified atom stereocenters. The zero-order chi connectivity index (χ0) is 27.5. The predicted octanol–water partition coefficient (Wildman–Crippen LogP) is 2.10. The highest BCUT2D eigenvalue weighted by Crippen LogP contribution is 2.27. The summed E-state index contributed by atoms with van der Waals surface area (Å²) >= 11 is 0. The van der Waals surface area contributed by atoms with Gasteiger partial charge < -0.3 is 36.4 Å². The van der Waals surface area contributed by atoms with E-state index in [0.717, 1.165) is 27.4 Å². The Morgan fingerprint density at radius 1 is 0.895 bits per heavy atom. The predicted molar refractivity (Wildman–Crippen MR) is 144 cm³/mol. The van der Waals surface area contributed by atoms with Crippen molar-refractivity contribution in [3.05, 3.63) is 108 Å². The van der Waals surface area contributed by atoms with Crippen LogP contribution in [0.2, 0.25) is 0 Å². The molecular weight excluding hydrogens is 484 g/mol. The van der Waals surface area contributed by atoms with Crippen LogP contribution in [-0.4, -0.2) is 32.5 Å². The Hall–Kier alpha value is -5.38. The molecule has 0 radical (unpaired) electrons. The second kappa shape index (κ2) is 13.1. The van der Waals surface area contributed by atoms with Crippen LogP contribution in [0.5, 0.6) is 5.75 Å². The molecule has 0 aliphatic carbocycles. The summed E-state index contributed by atoms with van der Waals surface area (Å²) in [6.45, 7) is 0.494. The van der Waals surface area contributed by atoms with Gasteiger partial charge in [0.15, 0.2) is 5.96 Å². The molecule has 38 heavy (non-hydrogen) atoms. The zero-order valence-corrected chi connectivity index (χ0v) is 20.4. The molecule has 0 atom stereocenters. The second-order valence-corrected chi connectivity index (χ2v) is 8.05. The molecule has 2 aromatic heterocycles. The lowest BCUT2D eigenvalue weighted by molar-refractivity contribution is -0.255. The van der Waals surface area contributed by atoms with E-state index in [9.17, 15) is 14.7 Å². The molecule has 0 spiro atoms. The highest BCUT2D eigenvalue weighted by molar-refractivity contribution is 6.08. The number of benzene rings is 3. The number of phenolic OH excluding ortho intramolecular Hbond substituents is 1. The number of nitrogens with two attached hydrogens (primary N) is 2. The van der Waals surface area contributed by atoms with Crippen LogP contribution in [0, 0.1) is 5.41 Å². The Bertz CT molecular complexity index is 1470. The summed E-state index contributed by atoms with van der Waals surface area (Å²) in [5.74, 6) is -1.36. The van der Waals surface area contributed by atoms with Gasteiger partial charge in [0.25, 0.3) is 0 Å². The summed E-state index contributed by atoms with van der Waals surface area (Å²) < 4.78 is 1.95. The van der Waals surface area contributed by atoms with E-state index in [4.69, 9.17) is 10.5 Å². The molecule has 0 saturated heterocycles. The SMILES string of the molecule is N=C(N)N.O=C(Cn1c2ccccc2c2ccncc21)NCc1ccc(C(=O)[O-])cc1.Oc1ccccc1. The standard InChI is InChI=1S/C21H17N3O3.C6H6O.CH5N3/c25-20(23-11-14-5-7-15(8-6-14)21(26)27)13-24-18-4-2-1-3-16(18)17-9-10-22-12-19(17)24;7-6-4-2-1-3-5-6;2-1(3)4/h1-10,12H,11,13H2,(H,23,25)(H,26,27);1-5,7H;(H5,2,3,4)/p-1. The summed E-state index contributed by atoms with van der Waals surface area (Å²) in [5.41, 5.74) is 11.8. The number of fused-ring (bicyclic) bond motifs is 3. The molecule has 0 aliphatic heterocycles. The van der Waals surface area contributed by atoms with Crippen molar-refractivity contribution in [3.8, 4) is 5.75 Å². The van der Waals surface area contributed by atoms with Crippen LogP contribution in [-0.2, 0) is 17.9 Å². The van der Waals surface area contributed by atoms with Gasteiger partial charge in [0.05, 0.1) is 17.7 Å². The normalized spacial score (nSPS) is 10.0. The molecule has 5 rings (SSSR count). The average molecular weight is 512 g/mol. The van der Waals surface area contributed by atoms with Gasteiger partial charge in [0, 0.05) is 29.0 Å². The number of hydrogen-bond donors (Lipinski definition) is 5. The minimum Gasteiger partial charge on any atom is -0.545 e. The van der Waals surface area contributed by atoms with Gasteiger partial charge in [-0.3, -0.25) is 15.2 Å². The topological polar surface area (TPSA) is 183 Å². The van der Waals surface area contributed by atoms with Crippen LogP contribution in [0.3, 0.4) is 0 Å². The summed E-state index contributed by atoms with van der Waals surface area (Å²) in [5, 5.41) is 30.5. The Morgan fingerprint density at radius 3 is 2.11 bits per heavy atom. The van der Waals surface area contributed by atoms with E-state index in [1.807, 2.05) is 41.0 Å². The van der Waals surface area contributed by atoms with Crippen molar-refractivity contribution < 1.29 is 19.8 Å². The largest absolute Gasteiger partial charge is 0.545 e. The fourth-order valence-electron chi connectivity index (χ4n) is 3.65. The maximum Gasteiger partial charge on any atom is 0.240 e. The first-order chi connectivity index (χ1) is 18.3. The second-order valence-electron chi connectivity index (χ2n) is 8.05. The Balaban J connectivity index is 0.000000304. The molecule has 0 bridgehead atoms. The number of nitrogens with zero attached hydrogens (tertiary/aromatic N) is 2. The fraction of sp³-hybridized carbons (Fsp3) is 0.0714. The van der Waals surface area contributed by atoms with Crippen LogP contribution in [0.25, 0.3) is 21.8 Å². The first-order valence-corrected chi connectivity index (χ1v) is 11.5. The summed E-state index contributed by atoms with van der Waals surface area (Å²) in [6.07, 6.45) is 3.51. The third-order valence-corrected chi connectivity index (χ3v) is 5.31. The van der Waals surface area contributed by atoms with E-state index in [1.165, 1.54) is 12.1 Å². The van der Waals surface area contributed by atoms with Crippen LogP contribution in [0.4, 0.5) is 0 Å². The number of amides is 1. The van der Waals surface area contributed by atoms with Crippen molar-refractivity contribution in [2.45, 2.75) is 13.1 Å². The monoisotopic (exact) mass is 511 g/mol. The smallest absolute Gasteiger partial charge is 0.240 e. The summed E-state index contributed by atoms with van der Waals surface area (Å²) in [6, 6.07) is 24.9. The van der Waals surface area contributed by atoms with E-state index >= 15 is 0 Å². The maximum absolute atomic E-state index is 12.5. The molecule has 3 aromatic carbocycles. The van der Waals surface area contributed by atoms with E-state index in [2.05, 4.69) is 21.8 Å². The number of guanidine groups is 1. The van der Waals surface area contributed by atoms with Crippen LogP contribution in [0.15, 0.2) is 97.3 Å². The summed E-state index contributed by atoms with van der Waals surface area (Å²) in [4.78, 5) is 27.5. The number of para-hydroxylation sites is 2. The van der Waals surface area contributed by atoms with E-state index in [-0.39, 0.29) is 24.0 Å². The van der Waals surface area contributed by atoms with Gasteiger partial charge in [-0.25, -0.2) is 0 Å². The van der Waals surface area contributed by atoms with Crippen molar-refractivity contribution in [1.29, 1.82) is 5.41 Å². The molecule has 0 aliphatic rings. The summed E-state index contributed by atoms with van der Waals surface area (Å²) in [7, 11) is 0. The Kier molecular flexibility index (Phi) is 9.36. The molecule has 0 fully saturated rings. The molecule has 10 nitrogen and oxygen atoms in total. The molecule has 194 valence electrons. The molecule has 7 N–H and O–H groups in total. The van der Waals surface area contributed by atoms with Crippen LogP contribution >= 0.6 is 0 Å². The lowest BCUT2D eigenvalue weighted by atomic mass is 10.1. The number of pyridine rings is 1. The molecule has 0 saturated carbocycles. The quantitative estimate of drug-likeness (QED) is 0.177. The van der Waals surface area contributed by atoms with E-state index in [1.54, 1.807) is 48.8 Å². The number of hydrogen-bond acceptors (Lipinski definition) is 6. The minimum atomic E-state index is -1.22. The van der Waals surface area contributed by atoms with Gasteiger partial charge in [0.2, 0.25) is 5.91 Å². The van der Waals surface area contributed by atoms with E-state index in [0.29, 0.717) is 12.3 Å². The molecule has 1 amide bonds. The van der Waals surface area contributed by atoms with Gasteiger partial charge in [-0.05, 0) is 35.4 Å². The van der Waals surface area contributed by atoms with Crippen molar-refractivity contribution >= 4 is 39.6 Å². The number of aromatic hydroxyl groups is 1. The first kappa shape index (κ1) is 27.2. The van der Waals surface area contributed by atoms with Gasteiger partial charge in [-0.2, -0.15) is 0 Å². The Labute approximate surface area is 218 Å². The molecule has 2 heterocycles. The number of nitrogens with one attached hydrogen (secondary N) is 2. The Morgan fingerprint density at radius 2 is 1.50 bits per heavy atom. The lowest BCUT2D eigenvalue weighted by Gasteiger charge is -2.09. The number of carboxylic acid groups (broad SMARTS) is 1. The molecule has 5 aromatic rings. The first-order valence-electron chi connectivity index (χ1n) is 11.5. The van der Waals surface area contributed by atoms with Crippen molar-refractivity contribution in [2.75, 3.05) is 0 Å². The maximum atomic E-state index is 12.5. The van der Waals surface area contributed by atoms with Gasteiger partial charge in [-0.15, -0.1) is 0 Å². The van der Waals surface area contributed by atoms with E-state index < -0.39 is 5.97 Å². The highest BCUT2D eigenvalue weighted by Gasteiger charge is 2.12. The van der Waals surface area contributed by atoms with Gasteiger partial charge in [0.1, 0.15) is 12.3 Å². The number of rotatable bonds is 5.